The molecule has 0 radical (unpaired) electrons. The van der Waals surface area contributed by atoms with Gasteiger partial charge in [0, 0.05) is 4.91 Å². The molecule has 1 aliphatic rings. The standard InChI is InChI=1S/C16H23N3O5/c1-11(20)14-15(23-16(2,3)22-14)13(9-18-19-17)24-21-10-12-7-5-4-6-8-12/h4-8,11,13-15,20H,9-10H2,1-3H3. The zero-order valence-electron chi connectivity index (χ0n) is 14.0. The van der Waals surface area contributed by atoms with Gasteiger partial charge in [0.25, 0.3) is 0 Å². The van der Waals surface area contributed by atoms with Crippen LogP contribution in [0.15, 0.2) is 35.4 Å². The Kier molecular flexibility index (Phi) is 6.56. The molecule has 132 valence electrons. The molecule has 0 amide bonds. The van der Waals surface area contributed by atoms with E-state index in [1.54, 1.807) is 20.8 Å². The van der Waals surface area contributed by atoms with Gasteiger partial charge in [-0.15, -0.1) is 0 Å². The third-order valence-electron chi connectivity index (χ3n) is 3.59. The van der Waals surface area contributed by atoms with Crippen LogP contribution in [0.1, 0.15) is 26.3 Å². The lowest BCUT2D eigenvalue weighted by atomic mass is 10.0. The first-order chi connectivity index (χ1) is 11.4. The third-order valence-corrected chi connectivity index (χ3v) is 3.59. The summed E-state index contributed by atoms with van der Waals surface area (Å²) < 4.78 is 11.5. The van der Waals surface area contributed by atoms with Crippen LogP contribution in [-0.4, -0.2) is 41.9 Å². The summed E-state index contributed by atoms with van der Waals surface area (Å²) in [5, 5.41) is 13.5. The van der Waals surface area contributed by atoms with Crippen LogP contribution in [0, 0.1) is 0 Å². The highest BCUT2D eigenvalue weighted by atomic mass is 17.2. The number of benzene rings is 1. The molecule has 8 heteroatoms. The summed E-state index contributed by atoms with van der Waals surface area (Å²) in [6, 6.07) is 9.52. The molecule has 1 aromatic carbocycles. The molecule has 4 atom stereocenters. The SMILES string of the molecule is CC(O)C1OC(C)(C)OC1C(CN=[N+]=[N-])OOCc1ccccc1. The Morgan fingerprint density at radius 1 is 1.29 bits per heavy atom. The van der Waals surface area contributed by atoms with Crippen molar-refractivity contribution in [2.45, 2.75) is 57.6 Å². The molecule has 2 rings (SSSR count). The molecule has 0 spiro atoms. The Labute approximate surface area is 140 Å². The monoisotopic (exact) mass is 337 g/mol. The molecule has 24 heavy (non-hydrogen) atoms. The van der Waals surface area contributed by atoms with Crippen molar-refractivity contribution in [1.29, 1.82) is 0 Å². The molecular formula is C16H23N3O5. The summed E-state index contributed by atoms with van der Waals surface area (Å²) in [5.74, 6) is -0.871. The highest BCUT2D eigenvalue weighted by molar-refractivity contribution is 5.13. The van der Waals surface area contributed by atoms with Gasteiger partial charge in [0.2, 0.25) is 0 Å². The summed E-state index contributed by atoms with van der Waals surface area (Å²) in [6.45, 7) is 5.34. The molecule has 0 bridgehead atoms. The van der Waals surface area contributed by atoms with Gasteiger partial charge >= 0.3 is 0 Å². The molecule has 1 saturated heterocycles. The first-order valence-electron chi connectivity index (χ1n) is 7.79. The lowest BCUT2D eigenvalue weighted by Crippen LogP contribution is -2.43. The van der Waals surface area contributed by atoms with E-state index in [2.05, 4.69) is 10.0 Å². The van der Waals surface area contributed by atoms with E-state index in [0.29, 0.717) is 0 Å². The highest BCUT2D eigenvalue weighted by Gasteiger charge is 2.47. The van der Waals surface area contributed by atoms with E-state index in [1.165, 1.54) is 0 Å². The molecule has 1 N–H and O–H groups in total. The van der Waals surface area contributed by atoms with Crippen LogP contribution in [-0.2, 0) is 25.9 Å². The van der Waals surface area contributed by atoms with Crippen LogP contribution in [0.4, 0.5) is 0 Å². The molecule has 0 aliphatic carbocycles. The summed E-state index contributed by atoms with van der Waals surface area (Å²) in [6.07, 6.45) is -2.71. The summed E-state index contributed by atoms with van der Waals surface area (Å²) in [4.78, 5) is 13.5. The van der Waals surface area contributed by atoms with Crippen molar-refractivity contribution in [2.24, 2.45) is 5.11 Å². The molecule has 1 heterocycles. The predicted octanol–water partition coefficient (Wildman–Crippen LogP) is 2.71. The van der Waals surface area contributed by atoms with Gasteiger partial charge in [-0.05, 0) is 31.9 Å². The zero-order valence-corrected chi connectivity index (χ0v) is 14.0. The van der Waals surface area contributed by atoms with Gasteiger partial charge in [-0.3, -0.25) is 0 Å². The molecule has 1 fully saturated rings. The number of hydrogen-bond acceptors (Lipinski definition) is 6. The van der Waals surface area contributed by atoms with Crippen molar-refractivity contribution >= 4 is 0 Å². The van der Waals surface area contributed by atoms with Crippen LogP contribution in [0.3, 0.4) is 0 Å². The van der Waals surface area contributed by atoms with Gasteiger partial charge < -0.3 is 14.6 Å². The smallest absolute Gasteiger partial charge is 0.164 e. The maximum Gasteiger partial charge on any atom is 0.164 e. The van der Waals surface area contributed by atoms with Crippen LogP contribution < -0.4 is 0 Å². The van der Waals surface area contributed by atoms with E-state index in [0.717, 1.165) is 5.56 Å². The largest absolute Gasteiger partial charge is 0.391 e. The van der Waals surface area contributed by atoms with Gasteiger partial charge in [0.1, 0.15) is 24.9 Å². The van der Waals surface area contributed by atoms with Crippen LogP contribution in [0.2, 0.25) is 0 Å². The number of rotatable bonds is 8. The summed E-state index contributed by atoms with van der Waals surface area (Å²) >= 11 is 0. The Morgan fingerprint density at radius 2 is 1.96 bits per heavy atom. The number of aliphatic hydroxyl groups is 1. The van der Waals surface area contributed by atoms with E-state index in [4.69, 9.17) is 24.8 Å². The van der Waals surface area contributed by atoms with E-state index >= 15 is 0 Å². The lowest BCUT2D eigenvalue weighted by Gasteiger charge is -2.25. The normalized spacial score (nSPS) is 25.0. The van der Waals surface area contributed by atoms with E-state index < -0.39 is 30.2 Å². The minimum Gasteiger partial charge on any atom is -0.391 e. The first-order valence-corrected chi connectivity index (χ1v) is 7.79. The highest BCUT2D eigenvalue weighted by Crippen LogP contribution is 2.33. The number of azide groups is 1. The van der Waals surface area contributed by atoms with Crippen molar-refractivity contribution in [2.75, 3.05) is 6.54 Å². The molecule has 0 aromatic heterocycles. The average molecular weight is 337 g/mol. The van der Waals surface area contributed by atoms with Crippen LogP contribution in [0.25, 0.3) is 10.4 Å². The zero-order chi connectivity index (χ0) is 17.6. The second-order valence-corrected chi connectivity index (χ2v) is 6.10. The topological polar surface area (TPSA) is 106 Å². The molecule has 8 nitrogen and oxygen atoms in total. The van der Waals surface area contributed by atoms with Crippen molar-refractivity contribution in [3.8, 4) is 0 Å². The van der Waals surface area contributed by atoms with Crippen LogP contribution >= 0.6 is 0 Å². The van der Waals surface area contributed by atoms with Crippen LogP contribution in [0.5, 0.6) is 0 Å². The van der Waals surface area contributed by atoms with E-state index in [1.807, 2.05) is 30.3 Å². The van der Waals surface area contributed by atoms with Gasteiger partial charge in [0.15, 0.2) is 5.79 Å². The maximum absolute atomic E-state index is 9.93. The second kappa shape index (κ2) is 8.43. The first kappa shape index (κ1) is 18.7. The summed E-state index contributed by atoms with van der Waals surface area (Å²) in [5.41, 5.74) is 9.52. The summed E-state index contributed by atoms with van der Waals surface area (Å²) in [7, 11) is 0. The number of nitrogens with zero attached hydrogens (tertiary/aromatic N) is 3. The quantitative estimate of drug-likeness (QED) is 0.258. The second-order valence-electron chi connectivity index (χ2n) is 6.10. The van der Waals surface area contributed by atoms with E-state index in [9.17, 15) is 5.11 Å². The van der Waals surface area contributed by atoms with Crippen molar-refractivity contribution in [3.63, 3.8) is 0 Å². The molecule has 0 saturated carbocycles. The molecular weight excluding hydrogens is 314 g/mol. The Morgan fingerprint density at radius 3 is 2.58 bits per heavy atom. The Bertz CT molecular complexity index is 560. The van der Waals surface area contributed by atoms with Crippen molar-refractivity contribution < 1.29 is 24.4 Å². The van der Waals surface area contributed by atoms with Crippen molar-refractivity contribution in [3.05, 3.63) is 46.3 Å². The van der Waals surface area contributed by atoms with Gasteiger partial charge in [0.05, 0.1) is 12.6 Å². The minimum atomic E-state index is -0.871. The van der Waals surface area contributed by atoms with Gasteiger partial charge in [-0.1, -0.05) is 35.4 Å². The average Bonchev–Trinajstić information content (AvgIpc) is 2.87. The third kappa shape index (κ3) is 5.17. The molecule has 4 unspecified atom stereocenters. The van der Waals surface area contributed by atoms with Gasteiger partial charge in [-0.25, -0.2) is 9.78 Å². The van der Waals surface area contributed by atoms with Crippen molar-refractivity contribution in [1.82, 2.24) is 0 Å². The maximum atomic E-state index is 9.93. The fourth-order valence-electron chi connectivity index (χ4n) is 2.55. The Balaban J connectivity index is 2.02. The van der Waals surface area contributed by atoms with E-state index in [-0.39, 0.29) is 13.2 Å². The fourth-order valence-corrected chi connectivity index (χ4v) is 2.55. The minimum absolute atomic E-state index is 0.00137. The number of hydrogen-bond donors (Lipinski definition) is 1. The predicted molar refractivity (Wildman–Crippen MR) is 85.6 cm³/mol. The molecule has 1 aliphatic heterocycles. The Hall–Kier alpha value is -1.67. The van der Waals surface area contributed by atoms with Gasteiger partial charge in [-0.2, -0.15) is 0 Å². The number of ether oxygens (including phenoxy) is 2. The lowest BCUT2D eigenvalue weighted by molar-refractivity contribution is -0.347. The molecule has 1 aromatic rings. The fraction of sp³-hybridized carbons (Fsp3) is 0.625. The number of aliphatic hydroxyl groups excluding tert-OH is 1.